The van der Waals surface area contributed by atoms with Crippen LogP contribution >= 0.6 is 0 Å². The lowest BCUT2D eigenvalue weighted by Crippen LogP contribution is -2.43. The maximum absolute atomic E-state index is 11.4. The Bertz CT molecular complexity index is 271. The molecule has 1 saturated heterocycles. The van der Waals surface area contributed by atoms with E-state index in [0.29, 0.717) is 6.61 Å². The first-order valence-electron chi connectivity index (χ1n) is 5.46. The summed E-state index contributed by atoms with van der Waals surface area (Å²) in [5, 5.41) is 5.93. The van der Waals surface area contributed by atoms with Gasteiger partial charge in [-0.3, -0.25) is 0 Å². The predicted octanol–water partition coefficient (Wildman–Crippen LogP) is 0.912. The van der Waals surface area contributed by atoms with Gasteiger partial charge in [0, 0.05) is 21.6 Å². The summed E-state index contributed by atoms with van der Waals surface area (Å²) >= 11 is 0. The minimum absolute atomic E-state index is 0. The first-order chi connectivity index (χ1) is 7.67. The van der Waals surface area contributed by atoms with E-state index in [-0.39, 0.29) is 13.6 Å². The molecule has 0 saturated carbocycles. The topological polar surface area (TPSA) is 59.6 Å². The van der Waals surface area contributed by atoms with Crippen LogP contribution in [0.4, 0.5) is 4.79 Å². The molecule has 0 aliphatic carbocycles. The highest BCUT2D eigenvalue weighted by Gasteiger charge is 2.28. The Morgan fingerprint density at radius 2 is 2.38 bits per heavy atom. The Morgan fingerprint density at radius 3 is 3.00 bits per heavy atom. The first-order valence-corrected chi connectivity index (χ1v) is 5.46. The molecule has 1 rings (SSSR count). The monoisotopic (exact) mass is 230 g/mol. The zero-order valence-electron chi connectivity index (χ0n) is 10.1. The van der Waals surface area contributed by atoms with Crippen molar-refractivity contribution < 1.29 is 15.7 Å². The number of methoxy groups -OCH3 is 1. The summed E-state index contributed by atoms with van der Waals surface area (Å²) in [4.78, 5) is 11.4. The minimum Gasteiger partial charge on any atom is -0.445 e. The van der Waals surface area contributed by atoms with Crippen LogP contribution in [0, 0.1) is 0 Å². The maximum Gasteiger partial charge on any atom is 0.407 e. The van der Waals surface area contributed by atoms with Gasteiger partial charge in [0.2, 0.25) is 0 Å². The van der Waals surface area contributed by atoms with Gasteiger partial charge in [-0.05, 0) is 19.4 Å². The average Bonchev–Trinajstić information content (AvgIpc) is 2.73. The molecule has 94 valence electrons. The van der Waals surface area contributed by atoms with Crippen molar-refractivity contribution in [3.8, 4) is 0 Å². The van der Waals surface area contributed by atoms with Crippen molar-refractivity contribution in [1.29, 1.82) is 0 Å². The van der Waals surface area contributed by atoms with Crippen molar-refractivity contribution in [1.82, 2.24) is 10.6 Å². The van der Waals surface area contributed by atoms with Crippen LogP contribution in [0.1, 0.15) is 15.3 Å². The van der Waals surface area contributed by atoms with Crippen LogP contribution in [0.2, 0.25) is 0 Å². The molecule has 2 atom stereocenters. The molecule has 16 heavy (non-hydrogen) atoms. The summed E-state index contributed by atoms with van der Waals surface area (Å²) in [5.41, 5.74) is 1.03. The summed E-state index contributed by atoms with van der Waals surface area (Å²) in [5.74, 6) is 0. The van der Waals surface area contributed by atoms with Crippen molar-refractivity contribution in [3.63, 3.8) is 0 Å². The zero-order chi connectivity index (χ0) is 12.0. The molecule has 0 bridgehead atoms. The second kappa shape index (κ2) is 6.50. The molecular formula is C11H22N2O3. The van der Waals surface area contributed by atoms with E-state index in [1.54, 1.807) is 7.11 Å². The highest BCUT2D eigenvalue weighted by atomic mass is 16.5. The van der Waals surface area contributed by atoms with E-state index in [4.69, 9.17) is 9.47 Å². The molecule has 1 aliphatic heterocycles. The lowest BCUT2D eigenvalue weighted by molar-refractivity contribution is 0.0893. The Labute approximate surface area is 97.7 Å². The van der Waals surface area contributed by atoms with E-state index >= 15 is 0 Å². The maximum atomic E-state index is 11.4. The van der Waals surface area contributed by atoms with E-state index < -0.39 is 6.09 Å². The summed E-state index contributed by atoms with van der Waals surface area (Å²) in [6.45, 7) is 5.65. The van der Waals surface area contributed by atoms with E-state index in [2.05, 4.69) is 10.6 Å². The third-order valence-electron chi connectivity index (χ3n) is 2.69. The van der Waals surface area contributed by atoms with Crippen LogP contribution in [0.15, 0.2) is 11.6 Å². The second-order valence-electron chi connectivity index (χ2n) is 3.89. The number of alkyl carbamates (subject to hydrolysis) is 1. The van der Waals surface area contributed by atoms with Crippen LogP contribution in [-0.4, -0.2) is 45.0 Å². The number of carbonyl (C=O) groups is 1. The molecule has 1 amide bonds. The first kappa shape index (κ1) is 13.0. The normalized spacial score (nSPS) is 25.6. The van der Waals surface area contributed by atoms with Crippen molar-refractivity contribution in [2.45, 2.75) is 26.0 Å². The standard InChI is InChI=1S/C11H20N2O3.H2/c1-4-8(2)7-16-11(14)13-9-5-12-6-10(9)15-3;/h4,9-10,12H,5-7H2,1-3H3,(H,13,14);1H/b8-4+;/t9-,10-;/m1./s1. The zero-order valence-corrected chi connectivity index (χ0v) is 10.1. The molecule has 1 fully saturated rings. The smallest absolute Gasteiger partial charge is 0.407 e. The number of amides is 1. The van der Waals surface area contributed by atoms with Gasteiger partial charge >= 0.3 is 6.09 Å². The number of allylic oxidation sites excluding steroid dienone is 1. The molecule has 0 unspecified atom stereocenters. The van der Waals surface area contributed by atoms with Gasteiger partial charge in [0.1, 0.15) is 6.61 Å². The quantitative estimate of drug-likeness (QED) is 0.705. The van der Waals surface area contributed by atoms with Gasteiger partial charge in [0.25, 0.3) is 0 Å². The molecule has 1 heterocycles. The number of ether oxygens (including phenoxy) is 2. The van der Waals surface area contributed by atoms with Crippen molar-refractivity contribution in [2.75, 3.05) is 26.8 Å². The van der Waals surface area contributed by atoms with Crippen molar-refractivity contribution in [3.05, 3.63) is 11.6 Å². The van der Waals surface area contributed by atoms with Crippen LogP contribution in [0.25, 0.3) is 0 Å². The van der Waals surface area contributed by atoms with Gasteiger partial charge in [-0.1, -0.05) is 6.08 Å². The Kier molecular flexibility index (Phi) is 5.28. The predicted molar refractivity (Wildman–Crippen MR) is 63.5 cm³/mol. The second-order valence-corrected chi connectivity index (χ2v) is 3.89. The fraction of sp³-hybridized carbons (Fsp3) is 0.727. The largest absolute Gasteiger partial charge is 0.445 e. The number of carbonyl (C=O) groups excluding carboxylic acids is 1. The van der Waals surface area contributed by atoms with Gasteiger partial charge in [-0.15, -0.1) is 0 Å². The molecule has 0 spiro atoms. The van der Waals surface area contributed by atoms with Gasteiger partial charge in [0.05, 0.1) is 12.1 Å². The van der Waals surface area contributed by atoms with E-state index in [0.717, 1.165) is 18.7 Å². The molecule has 1 aliphatic rings. The van der Waals surface area contributed by atoms with Gasteiger partial charge in [0.15, 0.2) is 0 Å². The molecule has 0 aromatic rings. The Balaban J connectivity index is 0.00000256. The van der Waals surface area contributed by atoms with Gasteiger partial charge in [-0.25, -0.2) is 4.79 Å². The number of nitrogens with one attached hydrogen (secondary N) is 2. The number of hydrogen-bond donors (Lipinski definition) is 2. The number of rotatable bonds is 4. The van der Waals surface area contributed by atoms with Crippen LogP contribution in [-0.2, 0) is 9.47 Å². The fourth-order valence-corrected chi connectivity index (χ4v) is 1.50. The molecular weight excluding hydrogens is 208 g/mol. The Hall–Kier alpha value is -1.07. The lowest BCUT2D eigenvalue weighted by atomic mass is 10.2. The fourth-order valence-electron chi connectivity index (χ4n) is 1.50. The third-order valence-corrected chi connectivity index (χ3v) is 2.69. The molecule has 5 nitrogen and oxygen atoms in total. The molecule has 5 heteroatoms. The molecule has 0 aromatic heterocycles. The van der Waals surface area contributed by atoms with Crippen molar-refractivity contribution in [2.24, 2.45) is 0 Å². The van der Waals surface area contributed by atoms with Crippen LogP contribution < -0.4 is 10.6 Å². The highest BCUT2D eigenvalue weighted by Crippen LogP contribution is 2.04. The Morgan fingerprint density at radius 1 is 1.62 bits per heavy atom. The van der Waals surface area contributed by atoms with Gasteiger partial charge < -0.3 is 20.1 Å². The molecule has 0 aromatic carbocycles. The third kappa shape index (κ3) is 3.83. The summed E-state index contributed by atoms with van der Waals surface area (Å²) in [6, 6.07) is -0.0107. The van der Waals surface area contributed by atoms with E-state index in [9.17, 15) is 4.79 Å². The van der Waals surface area contributed by atoms with Crippen molar-refractivity contribution >= 4 is 6.09 Å². The van der Waals surface area contributed by atoms with Gasteiger partial charge in [-0.2, -0.15) is 0 Å². The highest BCUT2D eigenvalue weighted by molar-refractivity contribution is 5.68. The average molecular weight is 230 g/mol. The summed E-state index contributed by atoms with van der Waals surface area (Å²) < 4.78 is 10.3. The summed E-state index contributed by atoms with van der Waals surface area (Å²) in [7, 11) is 1.64. The number of hydrogen-bond acceptors (Lipinski definition) is 4. The van der Waals surface area contributed by atoms with E-state index in [1.165, 1.54) is 0 Å². The lowest BCUT2D eigenvalue weighted by Gasteiger charge is -2.18. The summed E-state index contributed by atoms with van der Waals surface area (Å²) in [6.07, 6.45) is 1.55. The SMILES string of the molecule is C/C=C(\C)COC(=O)N[C@@H]1CNC[C@H]1OC.[HH]. The molecule has 2 N–H and O–H groups in total. The minimum atomic E-state index is -0.392. The van der Waals surface area contributed by atoms with Crippen LogP contribution in [0.3, 0.4) is 0 Å². The van der Waals surface area contributed by atoms with E-state index in [1.807, 2.05) is 19.9 Å². The molecule has 0 radical (unpaired) electrons. The van der Waals surface area contributed by atoms with Crippen LogP contribution in [0.5, 0.6) is 0 Å².